The smallest absolute Gasteiger partial charge is 0.0200 e. The van der Waals surface area contributed by atoms with Crippen molar-refractivity contribution in [1.82, 2.24) is 6.15 Å². The van der Waals surface area contributed by atoms with Gasteiger partial charge in [0.05, 0.1) is 0 Å². The molecule has 0 rings (SSSR count). The highest BCUT2D eigenvalue weighted by atomic mass is 14.2. The van der Waals surface area contributed by atoms with Gasteiger partial charge in [0.15, 0.2) is 0 Å². The molecule has 0 saturated heterocycles. The largest absolute Gasteiger partial charge is 0.344 e. The first-order valence-electron chi connectivity index (χ1n) is 6.19. The molecule has 1 heteroatoms. The Bertz CT molecular complexity index is 192. The Balaban J connectivity index is -0.000000529. The molecule has 0 aliphatic heterocycles. The second-order valence-corrected chi connectivity index (χ2v) is 4.64. The van der Waals surface area contributed by atoms with Gasteiger partial charge < -0.3 is 6.15 Å². The topological polar surface area (TPSA) is 35.0 Å². The zero-order valence-corrected chi connectivity index (χ0v) is 12.6. The third kappa shape index (κ3) is 8.72. The van der Waals surface area contributed by atoms with Gasteiger partial charge in [-0.1, -0.05) is 65.8 Å². The number of hydrogen-bond donors (Lipinski definition) is 1. The van der Waals surface area contributed by atoms with Crippen molar-refractivity contribution in [2.24, 2.45) is 17.8 Å². The second-order valence-electron chi connectivity index (χ2n) is 4.64. The predicted molar refractivity (Wildman–Crippen MR) is 78.1 cm³/mol. The summed E-state index contributed by atoms with van der Waals surface area (Å²) in [6.45, 7) is 23.2. The molecule has 2 atom stereocenters. The van der Waals surface area contributed by atoms with E-state index in [2.05, 4.69) is 47.8 Å². The van der Waals surface area contributed by atoms with Gasteiger partial charge in [-0.15, -0.1) is 0 Å². The minimum atomic E-state index is 0. The van der Waals surface area contributed by atoms with E-state index in [1.165, 1.54) is 11.1 Å². The molecule has 0 aromatic heterocycles. The van der Waals surface area contributed by atoms with Crippen LogP contribution in [-0.4, -0.2) is 0 Å². The molecule has 0 heterocycles. The molecular weight excluding hydrogens is 194 g/mol. The summed E-state index contributed by atoms with van der Waals surface area (Å²) in [6, 6.07) is 0. The fourth-order valence-corrected chi connectivity index (χ4v) is 1.22. The molecule has 3 N–H and O–H groups in total. The van der Waals surface area contributed by atoms with Crippen molar-refractivity contribution >= 4 is 0 Å². The van der Waals surface area contributed by atoms with Crippen molar-refractivity contribution < 1.29 is 0 Å². The van der Waals surface area contributed by atoms with Crippen LogP contribution in [-0.2, 0) is 0 Å². The van der Waals surface area contributed by atoms with Gasteiger partial charge in [-0.2, -0.15) is 0 Å². The molecule has 0 aliphatic rings. The van der Waals surface area contributed by atoms with Crippen molar-refractivity contribution in [1.29, 1.82) is 0 Å². The van der Waals surface area contributed by atoms with Crippen molar-refractivity contribution in [3.05, 3.63) is 24.3 Å². The number of allylic oxidation sites excluding steroid dienone is 2. The standard InChI is InChI=1S/C13H24.C2H6.H3N/c1-9(2)11(5)8-12(6)13(7)10(3)4;1-2;/h10-11,13H,1,6,8H2,2-5,7H3;1-2H3;1H3/t11-,13+;;/m1../s1. The summed E-state index contributed by atoms with van der Waals surface area (Å²) < 4.78 is 0. The molecule has 98 valence electrons. The van der Waals surface area contributed by atoms with Crippen LogP contribution in [0.5, 0.6) is 0 Å². The summed E-state index contributed by atoms with van der Waals surface area (Å²) in [5.41, 5.74) is 2.63. The molecule has 0 aromatic carbocycles. The maximum absolute atomic E-state index is 4.16. The molecule has 0 radical (unpaired) electrons. The fourth-order valence-electron chi connectivity index (χ4n) is 1.22. The van der Waals surface area contributed by atoms with E-state index in [1.54, 1.807) is 0 Å². The van der Waals surface area contributed by atoms with Crippen LogP contribution >= 0.6 is 0 Å². The zero-order valence-electron chi connectivity index (χ0n) is 12.6. The normalized spacial score (nSPS) is 13.0. The molecule has 0 unspecified atom stereocenters. The Morgan fingerprint density at radius 1 is 1.00 bits per heavy atom. The first-order chi connectivity index (χ1) is 6.86. The maximum atomic E-state index is 4.16. The molecule has 0 bridgehead atoms. The van der Waals surface area contributed by atoms with Gasteiger partial charge in [-0.05, 0) is 31.1 Å². The Hall–Kier alpha value is -0.560. The number of hydrogen-bond acceptors (Lipinski definition) is 1. The number of rotatable bonds is 5. The van der Waals surface area contributed by atoms with Gasteiger partial charge >= 0.3 is 0 Å². The molecular formula is C15H33N. The minimum Gasteiger partial charge on any atom is -0.344 e. The second kappa shape index (κ2) is 10.9. The Labute approximate surface area is 104 Å². The summed E-state index contributed by atoms with van der Waals surface area (Å²) in [5, 5.41) is 0. The SMILES string of the molecule is C=C(C)[C@H](C)CC(=C)[C@@H](C)C(C)C.CC.N. The van der Waals surface area contributed by atoms with E-state index in [0.29, 0.717) is 17.8 Å². The Morgan fingerprint density at radius 3 is 1.62 bits per heavy atom. The summed E-state index contributed by atoms with van der Waals surface area (Å²) >= 11 is 0. The fraction of sp³-hybridized carbons (Fsp3) is 0.733. The van der Waals surface area contributed by atoms with E-state index in [-0.39, 0.29) is 6.15 Å². The highest BCUT2D eigenvalue weighted by Crippen LogP contribution is 2.26. The van der Waals surface area contributed by atoms with Crippen LogP contribution < -0.4 is 6.15 Å². The average molecular weight is 227 g/mol. The van der Waals surface area contributed by atoms with Crippen LogP contribution in [0.1, 0.15) is 54.9 Å². The van der Waals surface area contributed by atoms with Crippen molar-refractivity contribution in [3.8, 4) is 0 Å². The molecule has 0 amide bonds. The molecule has 16 heavy (non-hydrogen) atoms. The average Bonchev–Trinajstić information content (AvgIpc) is 2.19. The van der Waals surface area contributed by atoms with Gasteiger partial charge in [-0.3, -0.25) is 0 Å². The van der Waals surface area contributed by atoms with E-state index in [1.807, 2.05) is 13.8 Å². The van der Waals surface area contributed by atoms with Crippen molar-refractivity contribution in [2.45, 2.75) is 54.9 Å². The van der Waals surface area contributed by atoms with E-state index < -0.39 is 0 Å². The van der Waals surface area contributed by atoms with Gasteiger partial charge in [0.25, 0.3) is 0 Å². The minimum absolute atomic E-state index is 0. The molecule has 0 fully saturated rings. The highest BCUT2D eigenvalue weighted by molar-refractivity contribution is 5.07. The van der Waals surface area contributed by atoms with Crippen LogP contribution in [0.2, 0.25) is 0 Å². The van der Waals surface area contributed by atoms with E-state index in [4.69, 9.17) is 0 Å². The van der Waals surface area contributed by atoms with Crippen molar-refractivity contribution in [3.63, 3.8) is 0 Å². The lowest BCUT2D eigenvalue weighted by molar-refractivity contribution is 0.454. The molecule has 0 saturated carbocycles. The lowest BCUT2D eigenvalue weighted by atomic mass is 9.84. The van der Waals surface area contributed by atoms with E-state index in [0.717, 1.165) is 6.42 Å². The first kappa shape index (κ1) is 20.8. The third-order valence-electron chi connectivity index (χ3n) is 3.05. The first-order valence-corrected chi connectivity index (χ1v) is 6.19. The predicted octanol–water partition coefficient (Wildman–Crippen LogP) is 5.63. The molecule has 0 aliphatic carbocycles. The van der Waals surface area contributed by atoms with Crippen molar-refractivity contribution in [2.75, 3.05) is 0 Å². The van der Waals surface area contributed by atoms with Crippen LogP contribution in [0.15, 0.2) is 24.3 Å². The summed E-state index contributed by atoms with van der Waals surface area (Å²) in [6.07, 6.45) is 1.09. The van der Waals surface area contributed by atoms with E-state index in [9.17, 15) is 0 Å². The van der Waals surface area contributed by atoms with Crippen LogP contribution in [0, 0.1) is 17.8 Å². The van der Waals surface area contributed by atoms with Crippen LogP contribution in [0.3, 0.4) is 0 Å². The van der Waals surface area contributed by atoms with Gasteiger partial charge in [0.1, 0.15) is 0 Å². The Kier molecular flexibility index (Phi) is 14.2. The van der Waals surface area contributed by atoms with Gasteiger partial charge in [0, 0.05) is 0 Å². The molecule has 1 nitrogen and oxygen atoms in total. The van der Waals surface area contributed by atoms with Gasteiger partial charge in [-0.25, -0.2) is 0 Å². The third-order valence-corrected chi connectivity index (χ3v) is 3.05. The Morgan fingerprint density at radius 2 is 1.38 bits per heavy atom. The lowest BCUT2D eigenvalue weighted by Crippen LogP contribution is -2.09. The quantitative estimate of drug-likeness (QED) is 0.607. The summed E-state index contributed by atoms with van der Waals surface area (Å²) in [5.74, 6) is 1.90. The van der Waals surface area contributed by atoms with Crippen LogP contribution in [0.25, 0.3) is 0 Å². The van der Waals surface area contributed by atoms with Gasteiger partial charge in [0.2, 0.25) is 0 Å². The molecule has 0 aromatic rings. The highest BCUT2D eigenvalue weighted by Gasteiger charge is 2.13. The summed E-state index contributed by atoms with van der Waals surface area (Å²) in [4.78, 5) is 0. The van der Waals surface area contributed by atoms with E-state index >= 15 is 0 Å². The monoisotopic (exact) mass is 227 g/mol. The zero-order chi connectivity index (χ0) is 12.6. The summed E-state index contributed by atoms with van der Waals surface area (Å²) in [7, 11) is 0. The lowest BCUT2D eigenvalue weighted by Gasteiger charge is -2.21. The molecule has 0 spiro atoms. The van der Waals surface area contributed by atoms with Crippen LogP contribution in [0.4, 0.5) is 0 Å². The maximum Gasteiger partial charge on any atom is -0.0200 e.